The van der Waals surface area contributed by atoms with Crippen molar-refractivity contribution < 1.29 is 9.36 Å². The number of carbonyl (C=O) groups excluding carboxylic acids is 1. The van der Waals surface area contributed by atoms with Crippen molar-refractivity contribution in [3.63, 3.8) is 0 Å². The van der Waals surface area contributed by atoms with E-state index in [1.807, 2.05) is 50.2 Å². The van der Waals surface area contributed by atoms with Crippen LogP contribution in [0.1, 0.15) is 47.3 Å². The lowest BCUT2D eigenvalue weighted by molar-refractivity contribution is 0.103. The fourth-order valence-corrected chi connectivity index (χ4v) is 4.38. The summed E-state index contributed by atoms with van der Waals surface area (Å²) in [5.74, 6) is 0.486. The molecule has 23 heavy (non-hydrogen) atoms. The predicted molar refractivity (Wildman–Crippen MR) is 97.4 cm³/mol. The van der Waals surface area contributed by atoms with Crippen molar-refractivity contribution in [2.24, 2.45) is 5.92 Å². The second-order valence-corrected chi connectivity index (χ2v) is 8.08. The van der Waals surface area contributed by atoms with Crippen LogP contribution in [0.2, 0.25) is 0 Å². The van der Waals surface area contributed by atoms with Gasteiger partial charge in [-0.15, -0.1) is 0 Å². The summed E-state index contributed by atoms with van der Waals surface area (Å²) in [6.07, 6.45) is 1.53. The maximum Gasteiger partial charge on any atom is 0.194 e. The molecule has 121 valence electrons. The second-order valence-electron chi connectivity index (χ2n) is 6.40. The summed E-state index contributed by atoms with van der Waals surface area (Å²) in [5, 5.41) is 0.691. The second kappa shape index (κ2) is 7.66. The van der Waals surface area contributed by atoms with Crippen molar-refractivity contribution in [2.45, 2.75) is 34.1 Å². The number of ketones is 1. The first-order valence-corrected chi connectivity index (χ1v) is 9.51. The molecule has 0 heterocycles. The molecule has 0 aliphatic rings. The van der Waals surface area contributed by atoms with Gasteiger partial charge in [-0.3, -0.25) is 9.36 Å². The van der Waals surface area contributed by atoms with Gasteiger partial charge in [0.15, 0.2) is 5.78 Å². The molecule has 0 bridgehead atoms. The van der Waals surface area contributed by atoms with E-state index in [1.54, 1.807) is 6.07 Å². The highest BCUT2D eigenvalue weighted by Gasteiger charge is 2.20. The molecule has 2 rings (SSSR count). The maximum atomic E-state index is 13.0. The Morgan fingerprint density at radius 1 is 1.00 bits per heavy atom. The van der Waals surface area contributed by atoms with E-state index < -0.39 is 7.80 Å². The molecule has 2 aromatic rings. The third-order valence-electron chi connectivity index (χ3n) is 4.04. The largest absolute Gasteiger partial charge is 0.289 e. The molecule has 2 nitrogen and oxygen atoms in total. The van der Waals surface area contributed by atoms with Crippen LogP contribution in [0.25, 0.3) is 0 Å². The molecule has 0 fully saturated rings. The number of hydrogen-bond acceptors (Lipinski definition) is 2. The van der Waals surface area contributed by atoms with Gasteiger partial charge >= 0.3 is 0 Å². The van der Waals surface area contributed by atoms with Gasteiger partial charge in [0.05, 0.1) is 0 Å². The fourth-order valence-electron chi connectivity index (χ4n) is 2.69. The Bertz CT molecular complexity index is 712. The zero-order chi connectivity index (χ0) is 17.0. The highest BCUT2D eigenvalue weighted by Crippen LogP contribution is 2.27. The summed E-state index contributed by atoms with van der Waals surface area (Å²) in [5.41, 5.74) is 3.23. The number of carbonyl (C=O) groups is 1. The van der Waals surface area contributed by atoms with Gasteiger partial charge in [0.25, 0.3) is 0 Å². The normalized spacial score (nSPS) is 11.6. The van der Waals surface area contributed by atoms with Gasteiger partial charge in [0.1, 0.15) is 7.80 Å². The Hall–Kier alpha value is -1.79. The Morgan fingerprint density at radius 2 is 1.61 bits per heavy atom. The van der Waals surface area contributed by atoms with Crippen LogP contribution >= 0.6 is 7.80 Å². The minimum atomic E-state index is -1.54. The molecule has 0 aliphatic carbocycles. The zero-order valence-electron chi connectivity index (χ0n) is 14.3. The van der Waals surface area contributed by atoms with Crippen LogP contribution in [-0.4, -0.2) is 11.9 Å². The summed E-state index contributed by atoms with van der Waals surface area (Å²) in [7, 11) is -1.54. The van der Waals surface area contributed by atoms with Crippen LogP contribution in [0.5, 0.6) is 0 Å². The first-order valence-electron chi connectivity index (χ1n) is 8.06. The van der Waals surface area contributed by atoms with E-state index in [4.69, 9.17) is 0 Å². The molecule has 1 unspecified atom stereocenters. The van der Waals surface area contributed by atoms with Gasteiger partial charge in [-0.2, -0.15) is 0 Å². The first kappa shape index (κ1) is 17.6. The number of benzene rings is 2. The van der Waals surface area contributed by atoms with Crippen LogP contribution in [0.4, 0.5) is 0 Å². The molecule has 2 aromatic carbocycles. The van der Waals surface area contributed by atoms with E-state index in [9.17, 15) is 9.36 Å². The third kappa shape index (κ3) is 4.14. The molecule has 0 saturated carbocycles. The number of rotatable bonds is 6. The SMILES string of the molecule is Cc1cccc(C)c1C(=O)c1ccccc1[P](=O)CCC(C)C. The Labute approximate surface area is 139 Å². The average Bonchev–Trinajstić information content (AvgIpc) is 2.52. The summed E-state index contributed by atoms with van der Waals surface area (Å²) in [6, 6.07) is 13.2. The van der Waals surface area contributed by atoms with E-state index in [-0.39, 0.29) is 5.78 Å². The number of hydrogen-bond donors (Lipinski definition) is 0. The summed E-state index contributed by atoms with van der Waals surface area (Å²) < 4.78 is 12.7. The first-order chi connectivity index (χ1) is 10.9. The van der Waals surface area contributed by atoms with Crippen molar-refractivity contribution in [2.75, 3.05) is 6.16 Å². The molecule has 0 amide bonds. The van der Waals surface area contributed by atoms with Crippen LogP contribution in [0.15, 0.2) is 42.5 Å². The van der Waals surface area contributed by atoms with E-state index in [1.165, 1.54) is 0 Å². The molecule has 0 aromatic heterocycles. The number of aryl methyl sites for hydroxylation is 2. The van der Waals surface area contributed by atoms with Gasteiger partial charge in [-0.1, -0.05) is 44.2 Å². The highest BCUT2D eigenvalue weighted by molar-refractivity contribution is 7.53. The molecule has 1 atom stereocenters. The fraction of sp³-hybridized carbons (Fsp3) is 0.350. The molecule has 0 saturated heterocycles. The maximum absolute atomic E-state index is 13.0. The standard InChI is InChI=1S/C20H24O2P/c1-14(2)12-13-23(22)18-11-6-5-10-17(18)20(21)19-15(3)8-7-9-16(19)4/h5-11,14H,12-13H2,1-4H3. The zero-order valence-corrected chi connectivity index (χ0v) is 15.2. The highest BCUT2D eigenvalue weighted by atomic mass is 31.1. The van der Waals surface area contributed by atoms with Crippen molar-refractivity contribution in [1.29, 1.82) is 0 Å². The van der Waals surface area contributed by atoms with E-state index >= 15 is 0 Å². The van der Waals surface area contributed by atoms with Gasteiger partial charge in [0, 0.05) is 22.6 Å². The van der Waals surface area contributed by atoms with Crippen molar-refractivity contribution in [3.8, 4) is 0 Å². The molecule has 1 radical (unpaired) electrons. The lowest BCUT2D eigenvalue weighted by Gasteiger charge is -2.12. The van der Waals surface area contributed by atoms with Crippen LogP contribution in [0.3, 0.4) is 0 Å². The molecular formula is C20H24O2P. The minimum Gasteiger partial charge on any atom is -0.289 e. The van der Waals surface area contributed by atoms with Crippen LogP contribution in [-0.2, 0) is 4.57 Å². The summed E-state index contributed by atoms with van der Waals surface area (Å²) in [6.45, 7) is 8.14. The van der Waals surface area contributed by atoms with Crippen LogP contribution < -0.4 is 5.30 Å². The molecular weight excluding hydrogens is 303 g/mol. The smallest absolute Gasteiger partial charge is 0.194 e. The average molecular weight is 327 g/mol. The van der Waals surface area contributed by atoms with Gasteiger partial charge in [-0.05, 0) is 49.4 Å². The third-order valence-corrected chi connectivity index (χ3v) is 5.63. The van der Waals surface area contributed by atoms with Gasteiger partial charge in [0.2, 0.25) is 0 Å². The molecule has 0 spiro atoms. The Morgan fingerprint density at radius 3 is 2.22 bits per heavy atom. The monoisotopic (exact) mass is 327 g/mol. The molecule has 0 aliphatic heterocycles. The Kier molecular flexibility index (Phi) is 5.85. The lowest BCUT2D eigenvalue weighted by atomic mass is 9.95. The quantitative estimate of drug-likeness (QED) is 0.550. The van der Waals surface area contributed by atoms with Gasteiger partial charge in [-0.25, -0.2) is 0 Å². The van der Waals surface area contributed by atoms with E-state index in [2.05, 4.69) is 13.8 Å². The Balaban J connectivity index is 2.41. The van der Waals surface area contributed by atoms with E-state index in [0.717, 1.165) is 23.1 Å². The van der Waals surface area contributed by atoms with Crippen LogP contribution in [0, 0.1) is 19.8 Å². The van der Waals surface area contributed by atoms with Crippen molar-refractivity contribution in [1.82, 2.24) is 0 Å². The minimum absolute atomic E-state index is 0.0240. The molecule has 0 N–H and O–H groups in total. The van der Waals surface area contributed by atoms with E-state index in [0.29, 0.717) is 22.9 Å². The summed E-state index contributed by atoms with van der Waals surface area (Å²) >= 11 is 0. The predicted octanol–water partition coefficient (Wildman–Crippen LogP) is 5.03. The summed E-state index contributed by atoms with van der Waals surface area (Å²) in [4.78, 5) is 13.0. The lowest BCUT2D eigenvalue weighted by Crippen LogP contribution is -2.16. The topological polar surface area (TPSA) is 34.1 Å². The van der Waals surface area contributed by atoms with Crippen molar-refractivity contribution >= 4 is 18.9 Å². The molecule has 3 heteroatoms. The van der Waals surface area contributed by atoms with Crippen molar-refractivity contribution in [3.05, 3.63) is 64.7 Å². The van der Waals surface area contributed by atoms with Gasteiger partial charge < -0.3 is 0 Å².